The van der Waals surface area contributed by atoms with Crippen LogP contribution in [0.1, 0.15) is 15.9 Å². The number of aldehydes is 1. The molecule has 1 heterocycles. The van der Waals surface area contributed by atoms with Gasteiger partial charge < -0.3 is 9.84 Å². The van der Waals surface area contributed by atoms with Crippen LogP contribution in [-0.2, 0) is 0 Å². The second-order valence-electron chi connectivity index (χ2n) is 6.15. The summed E-state index contributed by atoms with van der Waals surface area (Å²) < 4.78 is 30.4. The highest BCUT2D eigenvalue weighted by atomic mass is 32.1. The van der Waals surface area contributed by atoms with Gasteiger partial charge in [0.05, 0.1) is 21.0 Å². The molecule has 0 amide bonds. The standard InChI is InChI=1S/C19H12F2N2O7S/c1-9-12(8-24)18(25)15(16(17(9)23(28)29)14-3-2-6-31-14)11-7-10(22(26)27)4-5-13(11)30-19(20)21/h2-8,19,25H,1H3. The molecule has 0 aliphatic rings. The summed E-state index contributed by atoms with van der Waals surface area (Å²) in [5.74, 6) is -1.31. The van der Waals surface area contributed by atoms with E-state index in [0.29, 0.717) is 0 Å². The van der Waals surface area contributed by atoms with Crippen molar-refractivity contribution in [3.63, 3.8) is 0 Å². The van der Waals surface area contributed by atoms with E-state index in [4.69, 9.17) is 0 Å². The van der Waals surface area contributed by atoms with Crippen LogP contribution in [0.25, 0.3) is 21.6 Å². The number of non-ortho nitro benzene ring substituents is 1. The Bertz CT molecular complexity index is 1200. The highest BCUT2D eigenvalue weighted by Gasteiger charge is 2.33. The second kappa shape index (κ2) is 8.44. The lowest BCUT2D eigenvalue weighted by Crippen LogP contribution is -2.06. The zero-order valence-electron chi connectivity index (χ0n) is 15.6. The lowest BCUT2D eigenvalue weighted by Gasteiger charge is -2.18. The summed E-state index contributed by atoms with van der Waals surface area (Å²) in [5, 5.41) is 35.6. The van der Waals surface area contributed by atoms with Gasteiger partial charge in [-0.25, -0.2) is 0 Å². The largest absolute Gasteiger partial charge is 0.507 e. The number of aromatic hydroxyl groups is 1. The van der Waals surface area contributed by atoms with Crippen molar-refractivity contribution in [1.82, 2.24) is 0 Å². The number of phenolic OH excluding ortho intramolecular Hbond substituents is 1. The van der Waals surface area contributed by atoms with E-state index < -0.39 is 56.0 Å². The number of nitro benzene ring substituents is 2. The van der Waals surface area contributed by atoms with Gasteiger partial charge in [-0.2, -0.15) is 8.78 Å². The lowest BCUT2D eigenvalue weighted by molar-refractivity contribution is -0.385. The van der Waals surface area contributed by atoms with Gasteiger partial charge in [0.25, 0.3) is 11.4 Å². The van der Waals surface area contributed by atoms with Crippen LogP contribution in [0, 0.1) is 27.2 Å². The monoisotopic (exact) mass is 450 g/mol. The van der Waals surface area contributed by atoms with Gasteiger partial charge in [-0.3, -0.25) is 25.0 Å². The fourth-order valence-corrected chi connectivity index (χ4v) is 3.96. The smallest absolute Gasteiger partial charge is 0.387 e. The summed E-state index contributed by atoms with van der Waals surface area (Å²) in [5.41, 5.74) is -2.66. The van der Waals surface area contributed by atoms with Gasteiger partial charge in [0, 0.05) is 33.7 Å². The first-order chi connectivity index (χ1) is 14.7. The number of ether oxygens (including phenoxy) is 1. The third-order valence-corrected chi connectivity index (χ3v) is 5.35. The van der Waals surface area contributed by atoms with Gasteiger partial charge >= 0.3 is 6.61 Å². The van der Waals surface area contributed by atoms with Crippen LogP contribution in [0.4, 0.5) is 20.2 Å². The maximum absolute atomic E-state index is 13.0. The zero-order chi connectivity index (χ0) is 22.9. The van der Waals surface area contributed by atoms with Gasteiger partial charge in [0.1, 0.15) is 11.5 Å². The van der Waals surface area contributed by atoms with Crippen molar-refractivity contribution in [2.45, 2.75) is 13.5 Å². The molecule has 12 heteroatoms. The zero-order valence-corrected chi connectivity index (χ0v) is 16.4. The maximum atomic E-state index is 13.0. The topological polar surface area (TPSA) is 133 Å². The Morgan fingerprint density at radius 3 is 2.39 bits per heavy atom. The normalized spacial score (nSPS) is 10.8. The van der Waals surface area contributed by atoms with E-state index >= 15 is 0 Å². The summed E-state index contributed by atoms with van der Waals surface area (Å²) in [6.45, 7) is -2.06. The molecule has 0 aliphatic carbocycles. The molecule has 0 bridgehead atoms. The van der Waals surface area contributed by atoms with Crippen LogP contribution in [0.2, 0.25) is 0 Å². The minimum atomic E-state index is -3.32. The number of benzene rings is 2. The first-order valence-corrected chi connectivity index (χ1v) is 9.31. The van der Waals surface area contributed by atoms with E-state index in [9.17, 15) is 38.9 Å². The van der Waals surface area contributed by atoms with E-state index in [1.165, 1.54) is 13.0 Å². The van der Waals surface area contributed by atoms with Crippen molar-refractivity contribution in [2.24, 2.45) is 0 Å². The van der Waals surface area contributed by atoms with Crippen LogP contribution in [-0.4, -0.2) is 27.9 Å². The van der Waals surface area contributed by atoms with Crippen LogP contribution in [0.3, 0.4) is 0 Å². The Labute approximate surface area is 176 Å². The Hall–Kier alpha value is -3.93. The molecule has 1 N–H and O–H groups in total. The van der Waals surface area contributed by atoms with Gasteiger partial charge in [-0.15, -0.1) is 11.3 Å². The Morgan fingerprint density at radius 2 is 1.87 bits per heavy atom. The maximum Gasteiger partial charge on any atom is 0.387 e. The molecule has 0 spiro atoms. The number of thiophene rings is 1. The van der Waals surface area contributed by atoms with Crippen molar-refractivity contribution >= 4 is 29.0 Å². The number of hydrogen-bond donors (Lipinski definition) is 1. The Kier molecular flexibility index (Phi) is 5.92. The first kappa shape index (κ1) is 21.8. The minimum Gasteiger partial charge on any atom is -0.507 e. The van der Waals surface area contributed by atoms with Crippen molar-refractivity contribution in [3.05, 3.63) is 67.1 Å². The summed E-state index contributed by atoms with van der Waals surface area (Å²) >= 11 is 1.05. The second-order valence-corrected chi connectivity index (χ2v) is 7.10. The summed E-state index contributed by atoms with van der Waals surface area (Å²) in [6.07, 6.45) is 0.185. The molecule has 3 aromatic rings. The Balaban J connectivity index is 2.56. The highest BCUT2D eigenvalue weighted by molar-refractivity contribution is 7.13. The van der Waals surface area contributed by atoms with Gasteiger partial charge in [0.2, 0.25) is 0 Å². The number of carbonyl (C=O) groups is 1. The summed E-state index contributed by atoms with van der Waals surface area (Å²) in [6, 6.07) is 5.70. The molecule has 0 aliphatic heterocycles. The van der Waals surface area contributed by atoms with Crippen molar-refractivity contribution in [3.8, 4) is 33.1 Å². The number of alkyl halides is 2. The van der Waals surface area contributed by atoms with Crippen molar-refractivity contribution in [2.75, 3.05) is 0 Å². The van der Waals surface area contributed by atoms with Gasteiger partial charge in [-0.1, -0.05) is 6.07 Å². The molecule has 31 heavy (non-hydrogen) atoms. The number of nitrogens with zero attached hydrogens (tertiary/aromatic N) is 2. The molecular weight excluding hydrogens is 438 g/mol. The number of hydrogen-bond acceptors (Lipinski definition) is 8. The molecule has 9 nitrogen and oxygen atoms in total. The molecule has 0 saturated heterocycles. The number of carbonyl (C=O) groups excluding carboxylic acids is 1. The summed E-state index contributed by atoms with van der Waals surface area (Å²) in [7, 11) is 0. The molecule has 160 valence electrons. The average molecular weight is 450 g/mol. The van der Waals surface area contributed by atoms with E-state index in [1.807, 2.05) is 0 Å². The minimum absolute atomic E-state index is 0.147. The molecular formula is C19H12F2N2O7S. The predicted molar refractivity (Wildman–Crippen MR) is 107 cm³/mol. The Morgan fingerprint density at radius 1 is 1.16 bits per heavy atom. The van der Waals surface area contributed by atoms with Crippen LogP contribution < -0.4 is 4.74 Å². The van der Waals surface area contributed by atoms with Crippen LogP contribution in [0.15, 0.2) is 35.7 Å². The molecule has 3 rings (SSSR count). The van der Waals surface area contributed by atoms with E-state index in [2.05, 4.69) is 4.74 Å². The molecule has 0 saturated carbocycles. The summed E-state index contributed by atoms with van der Waals surface area (Å²) in [4.78, 5) is 33.4. The number of phenols is 1. The molecule has 0 atom stereocenters. The molecule has 0 unspecified atom stereocenters. The molecule has 0 radical (unpaired) electrons. The predicted octanol–water partition coefficient (Wildman–Crippen LogP) is 5.33. The van der Waals surface area contributed by atoms with Crippen LogP contribution >= 0.6 is 11.3 Å². The lowest BCUT2D eigenvalue weighted by atomic mass is 9.89. The van der Waals surface area contributed by atoms with Crippen molar-refractivity contribution in [1.29, 1.82) is 0 Å². The van der Waals surface area contributed by atoms with Gasteiger partial charge in [0.15, 0.2) is 6.29 Å². The molecule has 2 aromatic carbocycles. The average Bonchev–Trinajstić information content (AvgIpc) is 3.22. The quantitative estimate of drug-likeness (QED) is 0.292. The van der Waals surface area contributed by atoms with Crippen molar-refractivity contribution < 1.29 is 33.3 Å². The van der Waals surface area contributed by atoms with Crippen LogP contribution in [0.5, 0.6) is 11.5 Å². The highest BCUT2D eigenvalue weighted by Crippen LogP contribution is 2.52. The third kappa shape index (κ3) is 3.92. The molecule has 0 fully saturated rings. The van der Waals surface area contributed by atoms with Gasteiger partial charge in [-0.05, 0) is 24.4 Å². The fraction of sp³-hybridized carbons (Fsp3) is 0.105. The third-order valence-electron chi connectivity index (χ3n) is 4.47. The van der Waals surface area contributed by atoms with E-state index in [0.717, 1.165) is 29.5 Å². The number of halogens is 2. The fourth-order valence-electron chi connectivity index (χ4n) is 3.19. The molecule has 1 aromatic heterocycles. The van der Waals surface area contributed by atoms with E-state index in [-0.39, 0.29) is 22.3 Å². The number of rotatable bonds is 7. The number of nitro groups is 2. The first-order valence-electron chi connectivity index (χ1n) is 8.43. The van der Waals surface area contributed by atoms with E-state index in [1.54, 1.807) is 11.4 Å². The SMILES string of the molecule is Cc1c(C=O)c(O)c(-c2cc([N+](=O)[O-])ccc2OC(F)F)c(-c2cccs2)c1[N+](=O)[O-].